The third-order valence-corrected chi connectivity index (χ3v) is 4.56. The van der Waals surface area contributed by atoms with Gasteiger partial charge >= 0.3 is 0 Å². The molecule has 0 aliphatic carbocycles. The van der Waals surface area contributed by atoms with Crippen LogP contribution in [-0.4, -0.2) is 34.4 Å². The molecule has 2 N–H and O–H groups in total. The second-order valence-electron chi connectivity index (χ2n) is 7.12. The van der Waals surface area contributed by atoms with Crippen molar-refractivity contribution in [2.24, 2.45) is 0 Å². The largest absolute Gasteiger partial charge is 0.355 e. The van der Waals surface area contributed by atoms with Crippen LogP contribution >= 0.6 is 0 Å². The minimum atomic E-state index is -0.128. The molecule has 2 aromatic rings. The number of piperidine rings is 1. The van der Waals surface area contributed by atoms with E-state index in [1.807, 2.05) is 12.1 Å². The molecule has 3 rings (SSSR count). The number of amides is 1. The third-order valence-electron chi connectivity index (χ3n) is 4.56. The van der Waals surface area contributed by atoms with Crippen LogP contribution in [0.25, 0.3) is 0 Å². The number of carbonyl (C=O) groups is 1. The lowest BCUT2D eigenvalue weighted by molar-refractivity contribution is -0.121. The van der Waals surface area contributed by atoms with Gasteiger partial charge in [-0.25, -0.2) is 0 Å². The van der Waals surface area contributed by atoms with E-state index in [0.29, 0.717) is 0 Å². The van der Waals surface area contributed by atoms with Crippen molar-refractivity contribution in [1.29, 1.82) is 0 Å². The number of anilines is 2. The summed E-state index contributed by atoms with van der Waals surface area (Å²) in [6, 6.07) is 12.4. The third kappa shape index (κ3) is 5.03. The quantitative estimate of drug-likeness (QED) is 0.878. The summed E-state index contributed by atoms with van der Waals surface area (Å²) >= 11 is 0. The highest BCUT2D eigenvalue weighted by atomic mass is 16.1. The number of nitrogens with zero attached hydrogens (tertiary/aromatic N) is 2. The van der Waals surface area contributed by atoms with Gasteiger partial charge in [-0.15, -0.1) is 0 Å². The van der Waals surface area contributed by atoms with E-state index >= 15 is 0 Å². The summed E-state index contributed by atoms with van der Waals surface area (Å²) < 4.78 is 0. The summed E-state index contributed by atoms with van der Waals surface area (Å²) in [6.45, 7) is 6.58. The number of hydrogen-bond donors (Lipinski definition) is 2. The minimum absolute atomic E-state index is 0.0490. The molecule has 1 atom stereocenters. The number of nitrogens with one attached hydrogen (secondary N) is 2. The number of rotatable bonds is 5. The van der Waals surface area contributed by atoms with E-state index in [9.17, 15) is 4.79 Å². The van der Waals surface area contributed by atoms with Gasteiger partial charge in [0.2, 0.25) is 5.91 Å². The minimum Gasteiger partial charge on any atom is -0.355 e. The van der Waals surface area contributed by atoms with Gasteiger partial charge in [0, 0.05) is 49.3 Å². The van der Waals surface area contributed by atoms with E-state index in [-0.39, 0.29) is 11.4 Å². The van der Waals surface area contributed by atoms with Gasteiger partial charge in [-0.05, 0) is 56.1 Å². The smallest absolute Gasteiger partial charge is 0.217 e. The molecular weight excluding hydrogens is 312 g/mol. The average molecular weight is 338 g/mol. The molecule has 1 aliphatic heterocycles. The lowest BCUT2D eigenvalue weighted by Crippen LogP contribution is -2.56. The van der Waals surface area contributed by atoms with Crippen molar-refractivity contribution in [3.8, 4) is 0 Å². The van der Waals surface area contributed by atoms with Crippen LogP contribution in [0.4, 0.5) is 11.4 Å². The molecule has 132 valence electrons. The predicted molar refractivity (Wildman–Crippen MR) is 101 cm³/mol. The lowest BCUT2D eigenvalue weighted by Gasteiger charge is -2.41. The van der Waals surface area contributed by atoms with E-state index in [1.165, 1.54) is 5.56 Å². The zero-order valence-corrected chi connectivity index (χ0v) is 15.0. The molecule has 1 aromatic heterocycles. The van der Waals surface area contributed by atoms with E-state index in [4.69, 9.17) is 0 Å². The lowest BCUT2D eigenvalue weighted by atomic mass is 9.90. The first kappa shape index (κ1) is 17.4. The van der Waals surface area contributed by atoms with Crippen LogP contribution in [0, 0.1) is 0 Å². The highest BCUT2D eigenvalue weighted by Gasteiger charge is 2.31. The Morgan fingerprint density at radius 3 is 2.80 bits per heavy atom. The molecule has 25 heavy (non-hydrogen) atoms. The van der Waals surface area contributed by atoms with Gasteiger partial charge in [0.15, 0.2) is 0 Å². The van der Waals surface area contributed by atoms with Gasteiger partial charge in [0.05, 0.1) is 0 Å². The predicted octanol–water partition coefficient (Wildman–Crippen LogP) is 3.32. The molecule has 1 saturated heterocycles. The molecule has 1 aromatic carbocycles. The summed E-state index contributed by atoms with van der Waals surface area (Å²) in [7, 11) is 0. The van der Waals surface area contributed by atoms with Gasteiger partial charge in [-0.3, -0.25) is 14.7 Å². The molecular formula is C20H26N4O. The van der Waals surface area contributed by atoms with Crippen LogP contribution in [0.1, 0.15) is 32.3 Å². The highest BCUT2D eigenvalue weighted by Crippen LogP contribution is 2.23. The van der Waals surface area contributed by atoms with Crippen LogP contribution in [0.5, 0.6) is 0 Å². The fourth-order valence-corrected chi connectivity index (χ4v) is 3.61. The van der Waals surface area contributed by atoms with Gasteiger partial charge < -0.3 is 10.6 Å². The molecule has 1 fully saturated rings. The molecule has 0 spiro atoms. The average Bonchev–Trinajstić information content (AvgIpc) is 2.55. The molecule has 5 heteroatoms. The Labute approximate surface area is 149 Å². The van der Waals surface area contributed by atoms with E-state index in [2.05, 4.69) is 51.7 Å². The molecule has 1 amide bonds. The second kappa shape index (κ2) is 7.66. The van der Waals surface area contributed by atoms with E-state index in [1.54, 1.807) is 19.3 Å². The van der Waals surface area contributed by atoms with Crippen molar-refractivity contribution in [2.45, 2.75) is 38.8 Å². The van der Waals surface area contributed by atoms with Crippen molar-refractivity contribution < 1.29 is 4.79 Å². The molecule has 0 saturated carbocycles. The van der Waals surface area contributed by atoms with Crippen LogP contribution in [0.15, 0.2) is 48.8 Å². The van der Waals surface area contributed by atoms with Gasteiger partial charge in [0.25, 0.3) is 0 Å². The van der Waals surface area contributed by atoms with Crippen LogP contribution < -0.4 is 10.6 Å². The first-order chi connectivity index (χ1) is 12.0. The normalized spacial score (nSPS) is 20.9. The van der Waals surface area contributed by atoms with Gasteiger partial charge in [-0.2, -0.15) is 0 Å². The van der Waals surface area contributed by atoms with E-state index in [0.717, 1.165) is 43.9 Å². The molecule has 0 radical (unpaired) electrons. The SMILES string of the molecule is CC(=O)NC1(C)CCCN(Cc2cccc(Nc3ccncc3)c2)C1. The fraction of sp³-hybridized carbons (Fsp3) is 0.400. The van der Waals surface area contributed by atoms with Crippen LogP contribution in [0.3, 0.4) is 0 Å². The Hall–Kier alpha value is -2.40. The van der Waals surface area contributed by atoms with Crippen molar-refractivity contribution >= 4 is 17.3 Å². The van der Waals surface area contributed by atoms with Crippen LogP contribution in [0.2, 0.25) is 0 Å². The van der Waals surface area contributed by atoms with Crippen molar-refractivity contribution in [1.82, 2.24) is 15.2 Å². The Morgan fingerprint density at radius 1 is 1.24 bits per heavy atom. The summed E-state index contributed by atoms with van der Waals surface area (Å²) in [4.78, 5) is 17.9. The van der Waals surface area contributed by atoms with Crippen molar-refractivity contribution in [3.05, 3.63) is 54.4 Å². The maximum Gasteiger partial charge on any atom is 0.217 e. The van der Waals surface area contributed by atoms with Crippen molar-refractivity contribution in [3.63, 3.8) is 0 Å². The summed E-state index contributed by atoms with van der Waals surface area (Å²) in [5.74, 6) is 0.0490. The van der Waals surface area contributed by atoms with E-state index < -0.39 is 0 Å². The zero-order valence-electron chi connectivity index (χ0n) is 15.0. The maximum absolute atomic E-state index is 11.5. The number of pyridine rings is 1. The Balaban J connectivity index is 1.64. The Kier molecular flexibility index (Phi) is 5.34. The van der Waals surface area contributed by atoms with Crippen molar-refractivity contribution in [2.75, 3.05) is 18.4 Å². The zero-order chi connectivity index (χ0) is 17.7. The first-order valence-electron chi connectivity index (χ1n) is 8.80. The topological polar surface area (TPSA) is 57.3 Å². The van der Waals surface area contributed by atoms with Gasteiger partial charge in [0.1, 0.15) is 0 Å². The fourth-order valence-electron chi connectivity index (χ4n) is 3.61. The molecule has 2 heterocycles. The first-order valence-corrected chi connectivity index (χ1v) is 8.80. The van der Waals surface area contributed by atoms with Gasteiger partial charge in [-0.1, -0.05) is 12.1 Å². The number of hydrogen-bond acceptors (Lipinski definition) is 4. The van der Waals surface area contributed by atoms with Crippen LogP contribution in [-0.2, 0) is 11.3 Å². The number of aromatic nitrogens is 1. The Morgan fingerprint density at radius 2 is 2.04 bits per heavy atom. The summed E-state index contributed by atoms with van der Waals surface area (Å²) in [6.07, 6.45) is 5.70. The second-order valence-corrected chi connectivity index (χ2v) is 7.12. The molecule has 0 bridgehead atoms. The molecule has 1 unspecified atom stereocenters. The highest BCUT2D eigenvalue weighted by molar-refractivity contribution is 5.73. The Bertz CT molecular complexity index is 719. The number of carbonyl (C=O) groups excluding carboxylic acids is 1. The number of benzene rings is 1. The summed E-state index contributed by atoms with van der Waals surface area (Å²) in [5.41, 5.74) is 3.25. The summed E-state index contributed by atoms with van der Waals surface area (Å²) in [5, 5.41) is 6.53. The maximum atomic E-state index is 11.5. The molecule has 1 aliphatic rings. The number of likely N-dealkylation sites (tertiary alicyclic amines) is 1. The monoisotopic (exact) mass is 338 g/mol. The standard InChI is InChI=1S/C20H26N4O/c1-16(25)23-20(2)9-4-12-24(15-20)14-17-5-3-6-19(13-17)22-18-7-10-21-11-8-18/h3,5-8,10-11,13H,4,9,12,14-15H2,1-2H3,(H,21,22)(H,23,25). The molecule has 5 nitrogen and oxygen atoms in total.